The molecule has 160 valence electrons. The molecule has 0 heterocycles. The molecule has 0 amide bonds. The molecule has 15 heteroatoms. The van der Waals surface area contributed by atoms with Crippen LogP contribution in [-0.4, -0.2) is 36.0 Å². The van der Waals surface area contributed by atoms with Gasteiger partial charge in [-0.05, 0) is 5.56 Å². The molecule has 0 N–H and O–H groups in total. The van der Waals surface area contributed by atoms with E-state index in [1.54, 1.807) is 0 Å². The Morgan fingerprint density at radius 2 is 1.18 bits per heavy atom. The first-order chi connectivity index (χ1) is 12.2. The Kier molecular flexibility index (Phi) is 6.32. The van der Waals surface area contributed by atoms with E-state index < -0.39 is 45.9 Å². The average Bonchev–Trinajstić information content (AvgIpc) is 2.52. The number of ether oxygens (including phenoxy) is 1. The number of rotatable bonds is 6. The van der Waals surface area contributed by atoms with Crippen molar-refractivity contribution in [3.63, 3.8) is 0 Å². The maximum atomic E-state index is 14.2. The highest BCUT2D eigenvalue weighted by molar-refractivity contribution is 6.58. The van der Waals surface area contributed by atoms with Gasteiger partial charge in [0.15, 0.2) is 0 Å². The standard InChI is InChI=1S/C13H5Cl2F11O2/c14-8(15,6-4-2-1-3-5-6)7(27)9(16,11(19,20)21)28-13(25,26)10(17,18)12(22,23)24/h1-5H. The van der Waals surface area contributed by atoms with Crippen LogP contribution in [0.25, 0.3) is 0 Å². The molecule has 0 aliphatic carbocycles. The molecular weight excluding hydrogens is 468 g/mol. The minimum absolute atomic E-state index is 0.719. The van der Waals surface area contributed by atoms with Crippen LogP contribution in [0.5, 0.6) is 0 Å². The minimum Gasteiger partial charge on any atom is -0.289 e. The molecule has 1 atom stereocenters. The molecule has 0 spiro atoms. The van der Waals surface area contributed by atoms with Crippen LogP contribution in [0.4, 0.5) is 48.3 Å². The van der Waals surface area contributed by atoms with Crippen molar-refractivity contribution in [2.75, 3.05) is 0 Å². The van der Waals surface area contributed by atoms with Crippen LogP contribution in [0, 0.1) is 0 Å². The molecule has 0 aliphatic rings. The summed E-state index contributed by atoms with van der Waals surface area (Å²) in [6, 6.07) is 4.65. The Balaban J connectivity index is 3.51. The van der Waals surface area contributed by atoms with Crippen LogP contribution in [0.1, 0.15) is 5.56 Å². The Morgan fingerprint density at radius 3 is 1.54 bits per heavy atom. The van der Waals surface area contributed by atoms with Crippen molar-refractivity contribution in [2.24, 2.45) is 0 Å². The van der Waals surface area contributed by atoms with Gasteiger partial charge in [0.05, 0.1) is 0 Å². The van der Waals surface area contributed by atoms with Crippen LogP contribution < -0.4 is 0 Å². The molecule has 0 bridgehead atoms. The van der Waals surface area contributed by atoms with Crippen molar-refractivity contribution in [3.05, 3.63) is 35.9 Å². The Bertz CT molecular complexity index is 715. The van der Waals surface area contributed by atoms with Gasteiger partial charge in [0.1, 0.15) is 0 Å². The summed E-state index contributed by atoms with van der Waals surface area (Å²) in [7, 11) is 0. The van der Waals surface area contributed by atoms with Gasteiger partial charge in [-0.2, -0.15) is 48.3 Å². The van der Waals surface area contributed by atoms with Gasteiger partial charge in [-0.1, -0.05) is 53.5 Å². The van der Waals surface area contributed by atoms with Crippen LogP contribution in [0.3, 0.4) is 0 Å². The molecule has 0 radical (unpaired) electrons. The predicted molar refractivity (Wildman–Crippen MR) is 71.8 cm³/mol. The van der Waals surface area contributed by atoms with Crippen molar-refractivity contribution in [3.8, 4) is 0 Å². The lowest BCUT2D eigenvalue weighted by Gasteiger charge is -2.36. The van der Waals surface area contributed by atoms with Crippen molar-refractivity contribution in [1.82, 2.24) is 0 Å². The summed E-state index contributed by atoms with van der Waals surface area (Å²) in [5.74, 6) is -17.1. The molecule has 2 nitrogen and oxygen atoms in total. The fraction of sp³-hybridized carbons (Fsp3) is 0.462. The number of halogens is 13. The molecule has 0 aromatic heterocycles. The zero-order valence-corrected chi connectivity index (χ0v) is 14.1. The van der Waals surface area contributed by atoms with E-state index in [2.05, 4.69) is 4.74 Å². The Morgan fingerprint density at radius 1 is 0.750 bits per heavy atom. The van der Waals surface area contributed by atoms with Gasteiger partial charge in [-0.3, -0.25) is 9.53 Å². The average molecular weight is 473 g/mol. The third-order valence-electron chi connectivity index (χ3n) is 3.07. The number of Topliss-reactive ketones (excluding diaryl/α,β-unsaturated/α-hetero) is 1. The van der Waals surface area contributed by atoms with Gasteiger partial charge < -0.3 is 0 Å². The minimum atomic E-state index is -7.31. The highest BCUT2D eigenvalue weighted by Gasteiger charge is 2.80. The van der Waals surface area contributed by atoms with Gasteiger partial charge in [0, 0.05) is 0 Å². The van der Waals surface area contributed by atoms with E-state index in [1.165, 1.54) is 6.07 Å². The summed E-state index contributed by atoms with van der Waals surface area (Å²) < 4.78 is 140. The van der Waals surface area contributed by atoms with E-state index in [9.17, 15) is 53.1 Å². The first-order valence-electron chi connectivity index (χ1n) is 6.48. The summed E-state index contributed by atoms with van der Waals surface area (Å²) in [5, 5.41) is 0. The number of hydrogen-bond donors (Lipinski definition) is 0. The molecule has 0 saturated carbocycles. The number of hydrogen-bond acceptors (Lipinski definition) is 2. The summed E-state index contributed by atoms with van der Waals surface area (Å²) >= 11 is 10.6. The smallest absolute Gasteiger partial charge is 0.289 e. The quantitative estimate of drug-likeness (QED) is 0.379. The molecule has 28 heavy (non-hydrogen) atoms. The third-order valence-corrected chi connectivity index (χ3v) is 3.85. The number of benzene rings is 1. The van der Waals surface area contributed by atoms with E-state index >= 15 is 0 Å². The normalized spacial score (nSPS) is 16.6. The molecule has 0 saturated heterocycles. The van der Waals surface area contributed by atoms with E-state index in [4.69, 9.17) is 23.2 Å². The lowest BCUT2D eigenvalue weighted by atomic mass is 10.0. The second kappa shape index (κ2) is 7.17. The second-order valence-electron chi connectivity index (χ2n) is 5.05. The Hall–Kier alpha value is -1.34. The number of carbonyl (C=O) groups excluding carboxylic acids is 1. The molecule has 1 aromatic rings. The largest absolute Gasteiger partial charge is 0.462 e. The van der Waals surface area contributed by atoms with Crippen molar-refractivity contribution >= 4 is 29.0 Å². The topological polar surface area (TPSA) is 26.3 Å². The van der Waals surface area contributed by atoms with Crippen molar-refractivity contribution in [2.45, 2.75) is 34.6 Å². The third kappa shape index (κ3) is 4.15. The van der Waals surface area contributed by atoms with Crippen LogP contribution in [-0.2, 0) is 13.9 Å². The van der Waals surface area contributed by atoms with Gasteiger partial charge >= 0.3 is 30.2 Å². The van der Waals surface area contributed by atoms with Gasteiger partial charge in [-0.15, -0.1) is 0 Å². The number of alkyl halides is 13. The van der Waals surface area contributed by atoms with Gasteiger partial charge in [0.2, 0.25) is 10.1 Å². The predicted octanol–water partition coefficient (Wildman–Crippen LogP) is 5.92. The summed E-state index contributed by atoms with van der Waals surface area (Å²) in [6.45, 7) is 0. The SMILES string of the molecule is O=C(C(Cl)(Cl)c1ccccc1)C(F)(OC(F)(F)C(F)(F)C(F)(F)F)C(F)(F)F. The highest BCUT2D eigenvalue weighted by atomic mass is 35.5. The molecule has 1 unspecified atom stereocenters. The Labute approximate surface area is 158 Å². The van der Waals surface area contributed by atoms with Crippen LogP contribution in [0.15, 0.2) is 30.3 Å². The molecule has 1 rings (SSSR count). The number of carbonyl (C=O) groups is 1. The van der Waals surface area contributed by atoms with Crippen LogP contribution >= 0.6 is 23.2 Å². The zero-order valence-electron chi connectivity index (χ0n) is 12.6. The molecule has 0 fully saturated rings. The molecule has 0 aliphatic heterocycles. The summed E-state index contributed by atoms with van der Waals surface area (Å²) in [4.78, 5) is 11.8. The molecular formula is C13H5Cl2F11O2. The number of ketones is 1. The van der Waals surface area contributed by atoms with Crippen LogP contribution in [0.2, 0.25) is 0 Å². The maximum absolute atomic E-state index is 14.2. The van der Waals surface area contributed by atoms with Crippen molar-refractivity contribution in [1.29, 1.82) is 0 Å². The van der Waals surface area contributed by atoms with E-state index in [0.717, 1.165) is 24.3 Å². The first kappa shape index (κ1) is 24.7. The fourth-order valence-corrected chi connectivity index (χ4v) is 2.11. The summed E-state index contributed by atoms with van der Waals surface area (Å²) in [5.41, 5.74) is -0.843. The molecule has 1 aromatic carbocycles. The maximum Gasteiger partial charge on any atom is 0.462 e. The second-order valence-corrected chi connectivity index (χ2v) is 6.38. The summed E-state index contributed by atoms with van der Waals surface area (Å²) in [6.07, 6.45) is -21.2. The van der Waals surface area contributed by atoms with E-state index in [-0.39, 0.29) is 0 Å². The zero-order chi connectivity index (χ0) is 22.4. The van der Waals surface area contributed by atoms with E-state index in [0.29, 0.717) is 0 Å². The van der Waals surface area contributed by atoms with E-state index in [1.807, 2.05) is 0 Å². The van der Waals surface area contributed by atoms with Crippen molar-refractivity contribution < 1.29 is 57.8 Å². The lowest BCUT2D eigenvalue weighted by molar-refractivity contribution is -0.472. The monoisotopic (exact) mass is 472 g/mol. The first-order valence-corrected chi connectivity index (χ1v) is 7.24. The van der Waals surface area contributed by atoms with Gasteiger partial charge in [0.25, 0.3) is 0 Å². The fourth-order valence-electron chi connectivity index (χ4n) is 1.62. The lowest BCUT2D eigenvalue weighted by Crippen LogP contribution is -2.63. The highest BCUT2D eigenvalue weighted by Crippen LogP contribution is 2.53. The van der Waals surface area contributed by atoms with Gasteiger partial charge in [-0.25, -0.2) is 0 Å².